The van der Waals surface area contributed by atoms with Crippen molar-refractivity contribution < 1.29 is 9.53 Å². The van der Waals surface area contributed by atoms with Crippen LogP contribution in [-0.2, 0) is 11.3 Å². The van der Waals surface area contributed by atoms with E-state index >= 15 is 0 Å². The summed E-state index contributed by atoms with van der Waals surface area (Å²) in [5.41, 5.74) is 3.30. The van der Waals surface area contributed by atoms with Gasteiger partial charge >= 0.3 is 0 Å². The molecule has 2 aromatic rings. The third-order valence-electron chi connectivity index (χ3n) is 3.54. The Bertz CT molecular complexity index is 608. The van der Waals surface area contributed by atoms with E-state index in [9.17, 15) is 4.79 Å². The minimum absolute atomic E-state index is 0.111. The predicted molar refractivity (Wildman–Crippen MR) is 84.3 cm³/mol. The van der Waals surface area contributed by atoms with Crippen LogP contribution in [0, 0.1) is 13.8 Å². The summed E-state index contributed by atoms with van der Waals surface area (Å²) in [5, 5.41) is 2.89. The van der Waals surface area contributed by atoms with Crippen molar-refractivity contribution in [2.24, 2.45) is 0 Å². The number of hydrogen-bond acceptors (Lipinski definition) is 2. The number of aryl methyl sites for hydroxylation is 1. The van der Waals surface area contributed by atoms with Crippen LogP contribution in [0.4, 0.5) is 0 Å². The molecule has 1 N–H and O–H groups in total. The van der Waals surface area contributed by atoms with E-state index in [0.717, 1.165) is 22.4 Å². The Balaban J connectivity index is 1.92. The van der Waals surface area contributed by atoms with Gasteiger partial charge in [-0.1, -0.05) is 42.5 Å². The Morgan fingerprint density at radius 2 is 1.81 bits per heavy atom. The standard InChI is InChI=1S/C18H21NO2/c1-13-8-7-11-17(14(13)2)21-15(3)18(20)19-12-16-9-5-4-6-10-16/h4-11,15H,12H2,1-3H3,(H,19,20). The van der Waals surface area contributed by atoms with Gasteiger partial charge in [0, 0.05) is 6.54 Å². The third-order valence-corrected chi connectivity index (χ3v) is 3.54. The number of hydrogen-bond donors (Lipinski definition) is 1. The first-order valence-corrected chi connectivity index (χ1v) is 7.12. The van der Waals surface area contributed by atoms with Crippen molar-refractivity contribution in [3.8, 4) is 5.75 Å². The van der Waals surface area contributed by atoms with Crippen LogP contribution in [0.1, 0.15) is 23.6 Å². The van der Waals surface area contributed by atoms with Gasteiger partial charge in [0.05, 0.1) is 0 Å². The predicted octanol–water partition coefficient (Wildman–Crippen LogP) is 3.39. The zero-order valence-electron chi connectivity index (χ0n) is 12.7. The molecule has 1 unspecified atom stereocenters. The molecule has 1 atom stereocenters. The molecular formula is C18H21NO2. The molecule has 2 aromatic carbocycles. The van der Waals surface area contributed by atoms with Crippen molar-refractivity contribution >= 4 is 5.91 Å². The quantitative estimate of drug-likeness (QED) is 0.913. The van der Waals surface area contributed by atoms with Gasteiger partial charge in [-0.25, -0.2) is 0 Å². The summed E-state index contributed by atoms with van der Waals surface area (Å²) in [4.78, 5) is 12.1. The van der Waals surface area contributed by atoms with Crippen molar-refractivity contribution in [1.82, 2.24) is 5.32 Å². The van der Waals surface area contributed by atoms with E-state index in [-0.39, 0.29) is 5.91 Å². The zero-order valence-corrected chi connectivity index (χ0v) is 12.7. The lowest BCUT2D eigenvalue weighted by molar-refractivity contribution is -0.127. The van der Waals surface area contributed by atoms with Crippen LogP contribution in [0.15, 0.2) is 48.5 Å². The SMILES string of the molecule is Cc1cccc(OC(C)C(=O)NCc2ccccc2)c1C. The summed E-state index contributed by atoms with van der Waals surface area (Å²) >= 11 is 0. The molecule has 0 aliphatic carbocycles. The van der Waals surface area contributed by atoms with Gasteiger partial charge in [0.25, 0.3) is 5.91 Å². The highest BCUT2D eigenvalue weighted by Crippen LogP contribution is 2.21. The molecule has 0 saturated carbocycles. The molecule has 0 heterocycles. The van der Waals surface area contributed by atoms with Crippen molar-refractivity contribution in [3.05, 3.63) is 65.2 Å². The summed E-state index contributed by atoms with van der Waals surface area (Å²) < 4.78 is 5.76. The van der Waals surface area contributed by atoms with E-state index in [4.69, 9.17) is 4.74 Å². The maximum absolute atomic E-state index is 12.1. The molecule has 0 aliphatic heterocycles. The zero-order chi connectivity index (χ0) is 15.2. The Kier molecular flexibility index (Phi) is 4.99. The van der Waals surface area contributed by atoms with Crippen molar-refractivity contribution in [2.45, 2.75) is 33.4 Å². The van der Waals surface area contributed by atoms with E-state index in [1.165, 1.54) is 0 Å². The monoisotopic (exact) mass is 283 g/mol. The van der Waals surface area contributed by atoms with Crippen molar-refractivity contribution in [3.63, 3.8) is 0 Å². The van der Waals surface area contributed by atoms with Crippen LogP contribution in [-0.4, -0.2) is 12.0 Å². The van der Waals surface area contributed by atoms with Gasteiger partial charge in [-0.3, -0.25) is 4.79 Å². The first-order chi connectivity index (χ1) is 10.1. The molecular weight excluding hydrogens is 262 g/mol. The molecule has 110 valence electrons. The lowest BCUT2D eigenvalue weighted by Gasteiger charge is -2.17. The number of carbonyl (C=O) groups is 1. The first kappa shape index (κ1) is 15.1. The van der Waals surface area contributed by atoms with Gasteiger partial charge in [-0.05, 0) is 43.5 Å². The number of ether oxygens (including phenoxy) is 1. The number of amides is 1. The van der Waals surface area contributed by atoms with Crippen LogP contribution in [0.2, 0.25) is 0 Å². The highest BCUT2D eigenvalue weighted by atomic mass is 16.5. The number of carbonyl (C=O) groups excluding carboxylic acids is 1. The van der Waals surface area contributed by atoms with Gasteiger partial charge < -0.3 is 10.1 Å². The number of benzene rings is 2. The first-order valence-electron chi connectivity index (χ1n) is 7.12. The van der Waals surface area contributed by atoms with E-state index in [1.54, 1.807) is 6.92 Å². The Morgan fingerprint density at radius 1 is 1.10 bits per heavy atom. The van der Waals surface area contributed by atoms with Crippen LogP contribution < -0.4 is 10.1 Å². The fraction of sp³-hybridized carbons (Fsp3) is 0.278. The van der Waals surface area contributed by atoms with E-state index in [1.807, 2.05) is 62.4 Å². The fourth-order valence-corrected chi connectivity index (χ4v) is 2.02. The molecule has 0 saturated heterocycles. The lowest BCUT2D eigenvalue weighted by Crippen LogP contribution is -2.36. The lowest BCUT2D eigenvalue weighted by atomic mass is 10.1. The summed E-state index contributed by atoms with van der Waals surface area (Å²) in [6, 6.07) is 15.7. The van der Waals surface area contributed by atoms with Gasteiger partial charge in [-0.15, -0.1) is 0 Å². The maximum atomic E-state index is 12.1. The molecule has 0 radical (unpaired) electrons. The molecule has 1 amide bonds. The molecule has 0 aliphatic rings. The fourth-order valence-electron chi connectivity index (χ4n) is 2.02. The van der Waals surface area contributed by atoms with Crippen molar-refractivity contribution in [1.29, 1.82) is 0 Å². The largest absolute Gasteiger partial charge is 0.481 e. The second-order valence-corrected chi connectivity index (χ2v) is 5.16. The molecule has 21 heavy (non-hydrogen) atoms. The highest BCUT2D eigenvalue weighted by molar-refractivity contribution is 5.80. The average molecular weight is 283 g/mol. The second kappa shape index (κ2) is 6.93. The molecule has 3 nitrogen and oxygen atoms in total. The summed E-state index contributed by atoms with van der Waals surface area (Å²) in [5.74, 6) is 0.650. The number of nitrogens with one attached hydrogen (secondary N) is 1. The number of rotatable bonds is 5. The second-order valence-electron chi connectivity index (χ2n) is 5.16. The molecule has 0 fully saturated rings. The van der Waals surface area contributed by atoms with Gasteiger partial charge in [-0.2, -0.15) is 0 Å². The average Bonchev–Trinajstić information content (AvgIpc) is 2.50. The van der Waals surface area contributed by atoms with Crippen molar-refractivity contribution in [2.75, 3.05) is 0 Å². The van der Waals surface area contributed by atoms with Gasteiger partial charge in [0.1, 0.15) is 5.75 Å². The Morgan fingerprint density at radius 3 is 2.52 bits per heavy atom. The molecule has 0 aromatic heterocycles. The maximum Gasteiger partial charge on any atom is 0.261 e. The topological polar surface area (TPSA) is 38.3 Å². The van der Waals surface area contributed by atoms with Crippen LogP contribution in [0.5, 0.6) is 5.75 Å². The normalized spacial score (nSPS) is 11.8. The molecule has 0 spiro atoms. The minimum Gasteiger partial charge on any atom is -0.481 e. The minimum atomic E-state index is -0.519. The van der Waals surface area contributed by atoms with Gasteiger partial charge in [0.15, 0.2) is 6.10 Å². The van der Waals surface area contributed by atoms with Gasteiger partial charge in [0.2, 0.25) is 0 Å². The molecule has 0 bridgehead atoms. The van der Waals surface area contributed by atoms with E-state index in [2.05, 4.69) is 5.32 Å². The smallest absolute Gasteiger partial charge is 0.261 e. The molecule has 3 heteroatoms. The summed E-state index contributed by atoms with van der Waals surface area (Å²) in [7, 11) is 0. The van der Waals surface area contributed by atoms with E-state index in [0.29, 0.717) is 6.54 Å². The van der Waals surface area contributed by atoms with E-state index < -0.39 is 6.10 Å². The van der Waals surface area contributed by atoms with Crippen LogP contribution in [0.25, 0.3) is 0 Å². The highest BCUT2D eigenvalue weighted by Gasteiger charge is 2.15. The van der Waals surface area contributed by atoms with Crippen LogP contribution >= 0.6 is 0 Å². The molecule has 2 rings (SSSR count). The summed E-state index contributed by atoms with van der Waals surface area (Å²) in [6.07, 6.45) is -0.519. The third kappa shape index (κ3) is 4.09. The Hall–Kier alpha value is -2.29. The summed E-state index contributed by atoms with van der Waals surface area (Å²) in [6.45, 7) is 6.31. The van der Waals surface area contributed by atoms with Crippen LogP contribution in [0.3, 0.4) is 0 Å². The Labute approximate surface area is 126 Å².